The minimum Gasteiger partial charge on any atom is -0.445 e. The van der Waals surface area contributed by atoms with Gasteiger partial charge >= 0.3 is 6.98 Å². The maximum atomic E-state index is 12.4. The van der Waals surface area contributed by atoms with Crippen LogP contribution < -0.4 is 10.4 Å². The predicted molar refractivity (Wildman–Crippen MR) is 52.3 cm³/mol. The van der Waals surface area contributed by atoms with Gasteiger partial charge in [0.1, 0.15) is 0 Å². The summed E-state index contributed by atoms with van der Waals surface area (Å²) in [7, 11) is 1.56. The summed E-state index contributed by atoms with van der Waals surface area (Å²) >= 11 is 0. The molecule has 2 rings (SSSR count). The van der Waals surface area contributed by atoms with E-state index >= 15 is 0 Å². The lowest BCUT2D eigenvalue weighted by Gasteiger charge is -2.16. The second-order valence-corrected chi connectivity index (χ2v) is 3.59. The molecule has 0 aliphatic carbocycles. The number of benzene rings is 1. The van der Waals surface area contributed by atoms with Crippen LogP contribution in [0.3, 0.4) is 0 Å². The van der Waals surface area contributed by atoms with Crippen LogP contribution in [0.15, 0.2) is 18.2 Å². The average Bonchev–Trinajstić information content (AvgIpc) is 2.41. The highest BCUT2D eigenvalue weighted by atomic mass is 19.4. The van der Waals surface area contributed by atoms with Gasteiger partial charge in [-0.1, -0.05) is 12.1 Å². The lowest BCUT2D eigenvalue weighted by Crippen LogP contribution is -2.34. The Morgan fingerprint density at radius 1 is 1.33 bits per heavy atom. The first-order valence-corrected chi connectivity index (χ1v) is 4.49. The van der Waals surface area contributed by atoms with Crippen molar-refractivity contribution in [1.82, 2.24) is 0 Å². The Labute approximate surface area is 84.7 Å². The molecule has 0 radical (unpaired) electrons. The standard InChI is InChI=1S/C9H8BF3NO/c1-14-8-3-2-7(10(11,12)13)4-6(8)5-9(14)15/h2-4H,5H2,1H3/q-1. The number of amides is 1. The van der Waals surface area contributed by atoms with E-state index in [1.165, 1.54) is 11.0 Å². The molecule has 0 fully saturated rings. The highest BCUT2D eigenvalue weighted by Crippen LogP contribution is 2.27. The molecule has 0 unspecified atom stereocenters. The first kappa shape index (κ1) is 10.1. The second kappa shape index (κ2) is 3.02. The van der Waals surface area contributed by atoms with Gasteiger partial charge in [-0.2, -0.15) is 0 Å². The molecule has 15 heavy (non-hydrogen) atoms. The first-order chi connectivity index (χ1) is 6.89. The lowest BCUT2D eigenvalue weighted by atomic mass is 9.79. The number of likely N-dealkylation sites (N-methyl/N-ethyl adjacent to an activating group) is 1. The van der Waals surface area contributed by atoms with Gasteiger partial charge in [0.2, 0.25) is 5.91 Å². The fraction of sp³-hybridized carbons (Fsp3) is 0.222. The van der Waals surface area contributed by atoms with Gasteiger partial charge in [-0.25, -0.2) is 0 Å². The molecular formula is C9H8BF3NO-. The van der Waals surface area contributed by atoms with Crippen LogP contribution >= 0.6 is 0 Å². The Morgan fingerprint density at radius 3 is 2.60 bits per heavy atom. The Kier molecular flexibility index (Phi) is 2.03. The number of rotatable bonds is 1. The summed E-state index contributed by atoms with van der Waals surface area (Å²) in [4.78, 5) is 12.6. The summed E-state index contributed by atoms with van der Waals surface area (Å²) in [6.07, 6.45) is 0.0613. The quantitative estimate of drug-likeness (QED) is 0.644. The predicted octanol–water partition coefficient (Wildman–Crippen LogP) is 1.26. The molecule has 1 heterocycles. The molecule has 1 amide bonds. The van der Waals surface area contributed by atoms with Gasteiger partial charge in [0.25, 0.3) is 0 Å². The Hall–Kier alpha value is -1.46. The van der Waals surface area contributed by atoms with Gasteiger partial charge in [0.15, 0.2) is 0 Å². The van der Waals surface area contributed by atoms with Crippen molar-refractivity contribution in [2.24, 2.45) is 0 Å². The number of carbonyl (C=O) groups excluding carboxylic acids is 1. The van der Waals surface area contributed by atoms with Gasteiger partial charge in [-0.3, -0.25) is 4.79 Å². The number of hydrogen-bond acceptors (Lipinski definition) is 1. The Morgan fingerprint density at radius 2 is 2.00 bits per heavy atom. The third-order valence-electron chi connectivity index (χ3n) is 2.56. The molecule has 0 bridgehead atoms. The van der Waals surface area contributed by atoms with Crippen LogP contribution in [0.1, 0.15) is 5.56 Å². The van der Waals surface area contributed by atoms with Crippen LogP contribution in [0.25, 0.3) is 0 Å². The van der Waals surface area contributed by atoms with Crippen LogP contribution in [0.4, 0.5) is 18.6 Å². The molecule has 1 aliphatic heterocycles. The maximum Gasteiger partial charge on any atom is 0.509 e. The average molecular weight is 214 g/mol. The third kappa shape index (κ3) is 1.60. The van der Waals surface area contributed by atoms with E-state index < -0.39 is 12.4 Å². The van der Waals surface area contributed by atoms with Crippen molar-refractivity contribution in [2.75, 3.05) is 11.9 Å². The maximum absolute atomic E-state index is 12.4. The zero-order valence-electron chi connectivity index (χ0n) is 8.01. The molecular weight excluding hydrogens is 206 g/mol. The summed E-state index contributed by atoms with van der Waals surface area (Å²) in [6, 6.07) is 3.44. The molecule has 0 saturated heterocycles. The zero-order valence-corrected chi connectivity index (χ0v) is 8.01. The topological polar surface area (TPSA) is 20.3 Å². The van der Waals surface area contributed by atoms with Crippen molar-refractivity contribution < 1.29 is 17.7 Å². The normalized spacial score (nSPS) is 15.7. The smallest absolute Gasteiger partial charge is 0.445 e. The number of fused-ring (bicyclic) bond motifs is 1. The third-order valence-corrected chi connectivity index (χ3v) is 2.56. The van der Waals surface area contributed by atoms with Crippen LogP contribution in [0, 0.1) is 0 Å². The molecule has 1 aromatic carbocycles. The molecule has 0 N–H and O–H groups in total. The minimum atomic E-state index is -4.98. The van der Waals surface area contributed by atoms with Gasteiger partial charge in [-0.15, -0.1) is 5.46 Å². The lowest BCUT2D eigenvalue weighted by molar-refractivity contribution is -0.117. The van der Waals surface area contributed by atoms with Crippen LogP contribution in [0.2, 0.25) is 0 Å². The van der Waals surface area contributed by atoms with E-state index in [0.29, 0.717) is 11.3 Å². The number of anilines is 1. The molecule has 80 valence electrons. The van der Waals surface area contributed by atoms with E-state index in [-0.39, 0.29) is 12.3 Å². The summed E-state index contributed by atoms with van der Waals surface area (Å²) in [5, 5.41) is 0. The molecule has 0 spiro atoms. The van der Waals surface area contributed by atoms with Crippen molar-refractivity contribution in [3.63, 3.8) is 0 Å². The summed E-state index contributed by atoms with van der Waals surface area (Å²) in [5.74, 6) is -0.170. The summed E-state index contributed by atoms with van der Waals surface area (Å²) < 4.78 is 37.2. The fourth-order valence-electron chi connectivity index (χ4n) is 1.69. The van der Waals surface area contributed by atoms with E-state index in [0.717, 1.165) is 12.1 Å². The number of hydrogen-bond donors (Lipinski definition) is 0. The summed E-state index contributed by atoms with van der Waals surface area (Å²) in [5.41, 5.74) is 0.389. The first-order valence-electron chi connectivity index (χ1n) is 4.49. The van der Waals surface area contributed by atoms with E-state index in [9.17, 15) is 17.7 Å². The van der Waals surface area contributed by atoms with Crippen LogP contribution in [-0.4, -0.2) is 19.9 Å². The molecule has 0 aromatic heterocycles. The number of halogens is 3. The van der Waals surface area contributed by atoms with Crippen molar-refractivity contribution in [3.05, 3.63) is 23.8 Å². The van der Waals surface area contributed by atoms with E-state index in [2.05, 4.69) is 0 Å². The van der Waals surface area contributed by atoms with Crippen molar-refractivity contribution >= 4 is 24.0 Å². The van der Waals surface area contributed by atoms with Crippen molar-refractivity contribution in [3.8, 4) is 0 Å². The zero-order chi connectivity index (χ0) is 11.2. The molecule has 6 heteroatoms. The molecule has 0 saturated carbocycles. The highest BCUT2D eigenvalue weighted by Gasteiger charge is 2.29. The second-order valence-electron chi connectivity index (χ2n) is 3.59. The van der Waals surface area contributed by atoms with Gasteiger partial charge in [0, 0.05) is 12.7 Å². The monoisotopic (exact) mass is 214 g/mol. The minimum absolute atomic E-state index is 0.0613. The number of nitrogens with zero attached hydrogens (tertiary/aromatic N) is 1. The Balaban J connectivity index is 2.47. The molecule has 1 aromatic rings. The molecule has 2 nitrogen and oxygen atoms in total. The van der Waals surface area contributed by atoms with Crippen LogP contribution in [-0.2, 0) is 11.2 Å². The van der Waals surface area contributed by atoms with Crippen molar-refractivity contribution in [2.45, 2.75) is 6.42 Å². The van der Waals surface area contributed by atoms with Gasteiger partial charge in [0.05, 0.1) is 6.42 Å². The fourth-order valence-corrected chi connectivity index (χ4v) is 1.69. The summed E-state index contributed by atoms with van der Waals surface area (Å²) in [6.45, 7) is -4.98. The van der Waals surface area contributed by atoms with Gasteiger partial charge < -0.3 is 17.8 Å². The van der Waals surface area contributed by atoms with Gasteiger partial charge in [-0.05, 0) is 11.6 Å². The molecule has 1 aliphatic rings. The number of carbonyl (C=O) groups is 1. The van der Waals surface area contributed by atoms with E-state index in [1.807, 2.05) is 0 Å². The van der Waals surface area contributed by atoms with E-state index in [1.54, 1.807) is 7.05 Å². The van der Waals surface area contributed by atoms with Crippen LogP contribution in [0.5, 0.6) is 0 Å². The van der Waals surface area contributed by atoms with E-state index in [4.69, 9.17) is 0 Å². The largest absolute Gasteiger partial charge is 0.509 e. The SMILES string of the molecule is CN1C(=O)Cc2cc([B-](F)(F)F)ccc21. The Bertz CT molecular complexity index is 430. The highest BCUT2D eigenvalue weighted by molar-refractivity contribution is 6.73. The molecule has 0 atom stereocenters. The van der Waals surface area contributed by atoms with Crippen molar-refractivity contribution in [1.29, 1.82) is 0 Å².